The number of aryl methyl sites for hydroxylation is 4. The Kier molecular flexibility index (Phi) is 15.4. The molecular formula is C52H66N8O9. The number of carbonyl (C=O) groups is 7. The molecule has 0 aliphatic carbocycles. The fraction of sp³-hybridized carbons (Fsp3) is 0.500. The number of benzene rings is 3. The highest BCUT2D eigenvalue weighted by molar-refractivity contribution is 6.08. The molecule has 3 aliphatic rings. The maximum absolute atomic E-state index is 14.5. The molecule has 7 rings (SSSR count). The van der Waals surface area contributed by atoms with Crippen LogP contribution in [0.15, 0.2) is 59.4 Å². The summed E-state index contributed by atoms with van der Waals surface area (Å²) >= 11 is 0. The average molecular weight is 947 g/mol. The van der Waals surface area contributed by atoms with E-state index < -0.39 is 65.4 Å². The lowest BCUT2D eigenvalue weighted by atomic mass is 9.95. The Morgan fingerprint density at radius 2 is 1.52 bits per heavy atom. The van der Waals surface area contributed by atoms with Gasteiger partial charge in [-0.1, -0.05) is 69.2 Å². The summed E-state index contributed by atoms with van der Waals surface area (Å²) in [6, 6.07) is 14.0. The van der Waals surface area contributed by atoms with Crippen LogP contribution in [-0.2, 0) is 72.8 Å². The summed E-state index contributed by atoms with van der Waals surface area (Å²) in [5.41, 5.74) is 12.3. The summed E-state index contributed by atoms with van der Waals surface area (Å²) in [7, 11) is 1.69. The number of aromatic nitrogens is 2. The van der Waals surface area contributed by atoms with Crippen molar-refractivity contribution in [3.05, 3.63) is 98.5 Å². The number of nitrogens with zero attached hydrogens (tertiary/aromatic N) is 3. The minimum absolute atomic E-state index is 0.0398. The second kappa shape index (κ2) is 21.2. The minimum atomic E-state index is -1.11. The second-order valence-corrected chi connectivity index (χ2v) is 20.0. The van der Waals surface area contributed by atoms with Crippen molar-refractivity contribution in [1.82, 2.24) is 30.4 Å². The summed E-state index contributed by atoms with van der Waals surface area (Å²) in [5.74, 6) is -2.58. The van der Waals surface area contributed by atoms with E-state index in [2.05, 4.69) is 47.2 Å². The average Bonchev–Trinajstić information content (AvgIpc) is 3.75. The molecule has 6 N–H and O–H groups in total. The van der Waals surface area contributed by atoms with Gasteiger partial charge in [0, 0.05) is 32.9 Å². The van der Waals surface area contributed by atoms with Crippen LogP contribution in [-0.4, -0.2) is 74.4 Å². The van der Waals surface area contributed by atoms with Gasteiger partial charge < -0.3 is 26.4 Å². The molecule has 3 aliphatic heterocycles. The number of nitrogens with one attached hydrogen (secondary N) is 4. The van der Waals surface area contributed by atoms with Gasteiger partial charge in [0.15, 0.2) is 0 Å². The number of amides is 7. The molecule has 7 amide bonds. The van der Waals surface area contributed by atoms with Gasteiger partial charge >= 0.3 is 11.8 Å². The van der Waals surface area contributed by atoms with Crippen LogP contribution in [0.5, 0.6) is 0 Å². The van der Waals surface area contributed by atoms with Crippen LogP contribution in [0.4, 0.5) is 10.5 Å². The van der Waals surface area contributed by atoms with Crippen molar-refractivity contribution in [1.29, 1.82) is 0 Å². The van der Waals surface area contributed by atoms with Crippen molar-refractivity contribution in [2.75, 3.05) is 4.90 Å². The molecule has 1 unspecified atom stereocenters. The van der Waals surface area contributed by atoms with E-state index in [4.69, 9.17) is 10.5 Å². The third kappa shape index (κ3) is 11.9. The van der Waals surface area contributed by atoms with E-state index in [-0.39, 0.29) is 56.7 Å². The van der Waals surface area contributed by atoms with Crippen molar-refractivity contribution in [2.24, 2.45) is 12.8 Å². The standard InChI is InChI=1S/C52H66N8O9/c1-30(2)34-16-13-32(14-17-34)29-54-46(63)37(20-23-43(53)61)55-48(65)42-28-36-26-33(25-35-18-19-38(49(66)60(42)45(35)36)56-50(67)69-52(3,4)5)12-10-8-7-9-11-31-15-21-39-41(27-31)58(6)51(68)59(39)40-22-24-44(62)57-47(40)64/h13-17,21,25-27,30,37-38,40,42H,7-12,18-20,22-24,28-29H2,1-6H3,(H2,53,61)(H,54,63)(H,55,65)(H,56,67)(H,57,62,64)/t37-,38-,40?,42-/m0/s1. The molecule has 17 heteroatoms. The number of nitrogens with two attached hydrogens (primary N) is 1. The Morgan fingerprint density at radius 1 is 0.841 bits per heavy atom. The van der Waals surface area contributed by atoms with E-state index in [1.54, 1.807) is 32.4 Å². The number of rotatable bonds is 18. The molecule has 17 nitrogen and oxygen atoms in total. The van der Waals surface area contributed by atoms with Gasteiger partial charge in [-0.05, 0) is 124 Å². The summed E-state index contributed by atoms with van der Waals surface area (Å²) in [4.78, 5) is 107. The van der Waals surface area contributed by atoms with E-state index in [9.17, 15) is 38.4 Å². The van der Waals surface area contributed by atoms with E-state index in [1.165, 1.54) is 9.47 Å². The molecule has 0 spiro atoms. The van der Waals surface area contributed by atoms with Gasteiger partial charge in [0.1, 0.15) is 29.8 Å². The summed E-state index contributed by atoms with van der Waals surface area (Å²) < 4.78 is 8.55. The van der Waals surface area contributed by atoms with E-state index in [0.29, 0.717) is 23.5 Å². The number of alkyl carbamates (subject to hydrolysis) is 1. The van der Waals surface area contributed by atoms with E-state index >= 15 is 0 Å². The molecule has 1 saturated heterocycles. The number of carbonyl (C=O) groups excluding carboxylic acids is 7. The predicted octanol–water partition coefficient (Wildman–Crippen LogP) is 4.95. The van der Waals surface area contributed by atoms with Crippen molar-refractivity contribution in [3.8, 4) is 0 Å². The number of anilines is 1. The van der Waals surface area contributed by atoms with Crippen LogP contribution in [0.3, 0.4) is 0 Å². The van der Waals surface area contributed by atoms with Crippen LogP contribution in [0.25, 0.3) is 11.0 Å². The number of fused-ring (bicyclic) bond motifs is 1. The van der Waals surface area contributed by atoms with E-state index in [1.807, 2.05) is 42.5 Å². The third-order valence-corrected chi connectivity index (χ3v) is 13.3. The summed E-state index contributed by atoms with van der Waals surface area (Å²) in [6.07, 6.45) is 5.76. The highest BCUT2D eigenvalue weighted by atomic mass is 16.6. The van der Waals surface area contributed by atoms with Gasteiger partial charge in [0.25, 0.3) is 0 Å². The molecule has 3 aromatic carbocycles. The highest BCUT2D eigenvalue weighted by Crippen LogP contribution is 2.40. The van der Waals surface area contributed by atoms with Crippen molar-refractivity contribution in [3.63, 3.8) is 0 Å². The number of imide groups is 1. The molecule has 1 aromatic heterocycles. The summed E-state index contributed by atoms with van der Waals surface area (Å²) in [6.45, 7) is 9.60. The first-order valence-corrected chi connectivity index (χ1v) is 24.2. The smallest absolute Gasteiger partial charge is 0.408 e. The molecule has 0 bridgehead atoms. The predicted molar refractivity (Wildman–Crippen MR) is 260 cm³/mol. The molecule has 0 saturated carbocycles. The first-order valence-electron chi connectivity index (χ1n) is 24.2. The minimum Gasteiger partial charge on any atom is -0.444 e. The maximum atomic E-state index is 14.5. The zero-order valence-corrected chi connectivity index (χ0v) is 40.6. The lowest BCUT2D eigenvalue weighted by Crippen LogP contribution is -2.57. The first kappa shape index (κ1) is 50.1. The van der Waals surface area contributed by atoms with Crippen molar-refractivity contribution >= 4 is 58.3 Å². The SMILES string of the molecule is CC(C)c1ccc(CNC(=O)[C@H](CCC(N)=O)NC(=O)[C@@H]2Cc3cc(CCCCCCc4ccc5c(c4)n(C)c(=O)n5C4CCC(=O)NC4=O)cc4c3N2C(=O)[C@@H](NC(=O)OC(C)(C)C)CC4)cc1. The molecular weight excluding hydrogens is 881 g/mol. The number of ether oxygens (including phenoxy) is 1. The number of hydrogen-bond donors (Lipinski definition) is 5. The zero-order chi connectivity index (χ0) is 49.7. The second-order valence-electron chi connectivity index (χ2n) is 20.0. The van der Waals surface area contributed by atoms with Crippen molar-refractivity contribution in [2.45, 2.75) is 160 Å². The molecule has 4 atom stereocenters. The molecule has 0 radical (unpaired) electrons. The third-order valence-electron chi connectivity index (χ3n) is 13.3. The maximum Gasteiger partial charge on any atom is 0.408 e. The number of imidazole rings is 1. The van der Waals surface area contributed by atoms with Gasteiger partial charge in [-0.25, -0.2) is 9.59 Å². The van der Waals surface area contributed by atoms with Crippen LogP contribution >= 0.6 is 0 Å². The molecule has 4 aromatic rings. The molecule has 4 heterocycles. The topological polar surface area (TPSA) is 233 Å². The number of hydrogen-bond acceptors (Lipinski definition) is 9. The van der Waals surface area contributed by atoms with Gasteiger partial charge in [0.2, 0.25) is 35.4 Å². The van der Waals surface area contributed by atoms with Gasteiger partial charge in [-0.15, -0.1) is 0 Å². The largest absolute Gasteiger partial charge is 0.444 e. The van der Waals surface area contributed by atoms with Crippen LogP contribution in [0, 0.1) is 0 Å². The van der Waals surface area contributed by atoms with Crippen LogP contribution in [0.2, 0.25) is 0 Å². The number of primary amides is 1. The highest BCUT2D eigenvalue weighted by Gasteiger charge is 2.45. The summed E-state index contributed by atoms with van der Waals surface area (Å²) in [5, 5.41) is 10.8. The molecule has 368 valence electrons. The van der Waals surface area contributed by atoms with E-state index in [0.717, 1.165) is 77.4 Å². The lowest BCUT2D eigenvalue weighted by molar-refractivity contribution is -0.136. The van der Waals surface area contributed by atoms with Crippen LogP contribution < -0.4 is 37.6 Å². The van der Waals surface area contributed by atoms with Gasteiger partial charge in [-0.2, -0.15) is 0 Å². The Bertz CT molecular complexity index is 2700. The Hall–Kier alpha value is -6.78. The first-order chi connectivity index (χ1) is 32.8. The lowest BCUT2D eigenvalue weighted by Gasteiger charge is -2.29. The van der Waals surface area contributed by atoms with Gasteiger partial charge in [0.05, 0.1) is 16.7 Å². The number of unbranched alkanes of at least 4 members (excludes halogenated alkanes) is 3. The molecule has 1 fully saturated rings. The molecule has 69 heavy (non-hydrogen) atoms. The fourth-order valence-corrected chi connectivity index (χ4v) is 9.70. The Labute approximate surface area is 402 Å². The van der Waals surface area contributed by atoms with Crippen LogP contribution in [0.1, 0.15) is 138 Å². The Morgan fingerprint density at radius 3 is 2.19 bits per heavy atom. The zero-order valence-electron chi connectivity index (χ0n) is 40.6. The van der Waals surface area contributed by atoms with Gasteiger partial charge in [-0.3, -0.25) is 48.1 Å². The Balaban J connectivity index is 1.02. The van der Waals surface area contributed by atoms with Crippen molar-refractivity contribution < 1.29 is 38.3 Å². The monoisotopic (exact) mass is 946 g/mol. The number of piperidine rings is 1. The quantitative estimate of drug-likeness (QED) is 0.0670. The fourth-order valence-electron chi connectivity index (χ4n) is 9.70. The normalized spacial score (nSPS) is 18.4.